The highest BCUT2D eigenvalue weighted by atomic mass is 32.2. The summed E-state index contributed by atoms with van der Waals surface area (Å²) in [4.78, 5) is 0. The monoisotopic (exact) mass is 306 g/mol. The molecule has 1 aliphatic rings. The van der Waals surface area contributed by atoms with E-state index in [1.54, 1.807) is 0 Å². The molecule has 1 heterocycles. The molecular weight excluding hydrogens is 276 g/mol. The van der Waals surface area contributed by atoms with E-state index in [0.717, 1.165) is 25.9 Å². The number of hydrogen-bond acceptors (Lipinski definition) is 1. The highest BCUT2D eigenvalue weighted by Gasteiger charge is 1.97. The Bertz CT molecular complexity index is 436. The quantitative estimate of drug-likeness (QED) is 0.384. The van der Waals surface area contributed by atoms with Gasteiger partial charge >= 0.3 is 0 Å². The molecule has 0 fully saturated rings. The summed E-state index contributed by atoms with van der Waals surface area (Å²) in [6, 6.07) is 0. The fourth-order valence-corrected chi connectivity index (χ4v) is 3.07. The van der Waals surface area contributed by atoms with Crippen LogP contribution in [-0.2, 0) is 4.18 Å². The molecule has 21 heavy (non-hydrogen) atoms. The maximum absolute atomic E-state index is 5.77. The third-order valence-electron chi connectivity index (χ3n) is 3.36. The fourth-order valence-electron chi connectivity index (χ4n) is 2.01. The van der Waals surface area contributed by atoms with Crippen LogP contribution in [0.3, 0.4) is 0 Å². The molecular formula is C19H30OS. The Balaban J connectivity index is 2.16. The molecule has 0 saturated carbocycles. The van der Waals surface area contributed by atoms with Crippen LogP contribution in [0.5, 0.6) is 0 Å². The second-order valence-corrected chi connectivity index (χ2v) is 7.37. The topological polar surface area (TPSA) is 9.23 Å². The predicted octanol–water partition coefficient (Wildman–Crippen LogP) is 6.38. The molecule has 0 N–H and O–H groups in total. The zero-order chi connectivity index (χ0) is 15.5. The molecule has 0 aliphatic carbocycles. The van der Waals surface area contributed by atoms with Gasteiger partial charge in [-0.2, -0.15) is 0 Å². The van der Waals surface area contributed by atoms with E-state index in [1.165, 1.54) is 23.1 Å². The SMILES string of the molecule is CC(C)=CCCC(C)=CCCC(C)=CCO[SH]1C=CC=C1. The summed E-state index contributed by atoms with van der Waals surface area (Å²) < 4.78 is 5.77. The van der Waals surface area contributed by atoms with Gasteiger partial charge in [0.1, 0.15) is 0 Å². The van der Waals surface area contributed by atoms with E-state index in [4.69, 9.17) is 4.18 Å². The van der Waals surface area contributed by atoms with E-state index in [9.17, 15) is 0 Å². The molecule has 0 radical (unpaired) electrons. The molecule has 0 atom stereocenters. The third kappa shape index (κ3) is 9.54. The van der Waals surface area contributed by atoms with E-state index < -0.39 is 11.2 Å². The molecule has 2 heteroatoms. The first-order valence-corrected chi connectivity index (χ1v) is 9.18. The molecule has 0 unspecified atom stereocenters. The Hall–Kier alpha value is -0.990. The first kappa shape index (κ1) is 18.1. The summed E-state index contributed by atoms with van der Waals surface area (Å²) in [6.07, 6.45) is 15.6. The fraction of sp³-hybridized carbons (Fsp3) is 0.474. The van der Waals surface area contributed by atoms with Gasteiger partial charge < -0.3 is 4.18 Å². The van der Waals surface area contributed by atoms with Crippen molar-refractivity contribution in [1.29, 1.82) is 0 Å². The maximum atomic E-state index is 5.77. The van der Waals surface area contributed by atoms with Crippen molar-refractivity contribution in [2.75, 3.05) is 6.61 Å². The van der Waals surface area contributed by atoms with E-state index in [1.807, 2.05) is 0 Å². The van der Waals surface area contributed by atoms with Crippen LogP contribution in [-0.4, -0.2) is 6.61 Å². The van der Waals surface area contributed by atoms with E-state index in [2.05, 4.69) is 68.9 Å². The van der Waals surface area contributed by atoms with Gasteiger partial charge in [0, 0.05) is 0 Å². The number of rotatable bonds is 9. The summed E-state index contributed by atoms with van der Waals surface area (Å²) in [5.41, 5.74) is 4.34. The van der Waals surface area contributed by atoms with E-state index in [-0.39, 0.29) is 0 Å². The zero-order valence-corrected chi connectivity index (χ0v) is 14.8. The molecule has 0 amide bonds. The van der Waals surface area contributed by atoms with Crippen molar-refractivity contribution in [3.8, 4) is 0 Å². The number of hydrogen-bond donors (Lipinski definition) is 1. The number of allylic oxidation sites excluding steroid dienone is 7. The van der Waals surface area contributed by atoms with Gasteiger partial charge in [-0.25, -0.2) is 0 Å². The van der Waals surface area contributed by atoms with Gasteiger partial charge in [0.15, 0.2) is 0 Å². The Labute approximate surface area is 133 Å². The maximum Gasteiger partial charge on any atom is 0.0781 e. The highest BCUT2D eigenvalue weighted by Crippen LogP contribution is 2.33. The lowest BCUT2D eigenvalue weighted by Gasteiger charge is -2.09. The zero-order valence-electron chi connectivity index (χ0n) is 13.9. The molecule has 0 bridgehead atoms. The molecule has 1 nitrogen and oxygen atoms in total. The summed E-state index contributed by atoms with van der Waals surface area (Å²) in [7, 11) is 0. The Morgan fingerprint density at radius 3 is 2.05 bits per heavy atom. The van der Waals surface area contributed by atoms with Crippen molar-refractivity contribution in [3.05, 3.63) is 57.9 Å². The van der Waals surface area contributed by atoms with Crippen LogP contribution in [0.15, 0.2) is 57.9 Å². The van der Waals surface area contributed by atoms with Crippen LogP contribution in [0.2, 0.25) is 0 Å². The van der Waals surface area contributed by atoms with Crippen molar-refractivity contribution in [2.24, 2.45) is 0 Å². The minimum Gasteiger partial charge on any atom is -0.328 e. The summed E-state index contributed by atoms with van der Waals surface area (Å²) in [6.45, 7) is 9.49. The van der Waals surface area contributed by atoms with Gasteiger partial charge in [-0.3, -0.25) is 0 Å². The Kier molecular flexibility index (Phi) is 9.20. The minimum absolute atomic E-state index is 0.434. The van der Waals surface area contributed by atoms with Crippen LogP contribution in [0.4, 0.5) is 0 Å². The normalized spacial score (nSPS) is 16.7. The summed E-state index contributed by atoms with van der Waals surface area (Å²) in [5, 5.41) is 4.27. The van der Waals surface area contributed by atoms with Gasteiger partial charge in [0.2, 0.25) is 0 Å². The average molecular weight is 307 g/mol. The van der Waals surface area contributed by atoms with Crippen molar-refractivity contribution in [1.82, 2.24) is 0 Å². The summed E-state index contributed by atoms with van der Waals surface area (Å²) in [5.74, 6) is 0. The smallest absolute Gasteiger partial charge is 0.0781 e. The van der Waals surface area contributed by atoms with Crippen molar-refractivity contribution in [2.45, 2.75) is 53.4 Å². The van der Waals surface area contributed by atoms with Gasteiger partial charge in [-0.15, -0.1) is 11.2 Å². The van der Waals surface area contributed by atoms with Crippen molar-refractivity contribution >= 4 is 11.2 Å². The molecule has 0 saturated heterocycles. The Morgan fingerprint density at radius 1 is 0.857 bits per heavy atom. The van der Waals surface area contributed by atoms with Gasteiger partial charge in [-0.05, 0) is 64.2 Å². The van der Waals surface area contributed by atoms with Crippen LogP contribution in [0.25, 0.3) is 0 Å². The van der Waals surface area contributed by atoms with Crippen LogP contribution < -0.4 is 0 Å². The first-order chi connectivity index (χ1) is 10.1. The predicted molar refractivity (Wildman–Crippen MR) is 98.6 cm³/mol. The number of thiol groups is 1. The Morgan fingerprint density at radius 2 is 1.43 bits per heavy atom. The van der Waals surface area contributed by atoms with Crippen molar-refractivity contribution in [3.63, 3.8) is 0 Å². The second kappa shape index (κ2) is 10.7. The molecule has 0 aromatic rings. The first-order valence-electron chi connectivity index (χ1n) is 7.79. The lowest BCUT2D eigenvalue weighted by Crippen LogP contribution is -1.87. The largest absolute Gasteiger partial charge is 0.328 e. The standard InChI is InChI=1S/C19H30OS/c1-17(2)9-7-10-18(3)11-8-12-19(4)13-14-20-21-15-5-6-16-21/h5-6,9,11,13,15-16,21H,7-8,10,12,14H2,1-4H3. The van der Waals surface area contributed by atoms with E-state index >= 15 is 0 Å². The van der Waals surface area contributed by atoms with Crippen molar-refractivity contribution < 1.29 is 4.18 Å². The van der Waals surface area contributed by atoms with Gasteiger partial charge in [0.25, 0.3) is 0 Å². The molecule has 0 aromatic heterocycles. The molecule has 118 valence electrons. The van der Waals surface area contributed by atoms with Gasteiger partial charge in [-0.1, -0.05) is 47.1 Å². The highest BCUT2D eigenvalue weighted by molar-refractivity contribution is 8.18. The lowest BCUT2D eigenvalue weighted by atomic mass is 10.1. The third-order valence-corrected chi connectivity index (χ3v) is 4.73. The lowest BCUT2D eigenvalue weighted by molar-refractivity contribution is 0.425. The second-order valence-electron chi connectivity index (χ2n) is 5.80. The molecule has 0 aromatic carbocycles. The molecule has 1 rings (SSSR count). The van der Waals surface area contributed by atoms with Crippen LogP contribution in [0.1, 0.15) is 53.4 Å². The molecule has 1 aliphatic heterocycles. The van der Waals surface area contributed by atoms with Crippen LogP contribution >= 0.6 is 11.2 Å². The minimum atomic E-state index is -0.434. The van der Waals surface area contributed by atoms with Crippen LogP contribution in [0, 0.1) is 0 Å². The summed E-state index contributed by atoms with van der Waals surface area (Å²) >= 11 is -0.434. The average Bonchev–Trinajstić information content (AvgIpc) is 2.91. The molecule has 0 spiro atoms. The van der Waals surface area contributed by atoms with Gasteiger partial charge in [0.05, 0.1) is 6.61 Å². The van der Waals surface area contributed by atoms with E-state index in [0.29, 0.717) is 0 Å².